The SMILES string of the molecule is N#Cc1c(F)cccc1-n1ccc(NC(=O)N2CCCC(C(=O)O)C2)n1. The number of likely N-dealkylation sites (tertiary alicyclic amines) is 1. The van der Waals surface area contributed by atoms with Gasteiger partial charge in [0, 0.05) is 25.4 Å². The number of halogens is 1. The molecule has 1 aliphatic rings. The Kier molecular flexibility index (Phi) is 4.84. The minimum atomic E-state index is -0.915. The van der Waals surface area contributed by atoms with E-state index in [1.54, 1.807) is 12.1 Å². The second-order valence-electron chi connectivity index (χ2n) is 5.94. The Bertz CT molecular complexity index is 889. The van der Waals surface area contributed by atoms with E-state index in [4.69, 9.17) is 10.4 Å². The van der Waals surface area contributed by atoms with Crippen molar-refractivity contribution in [3.8, 4) is 11.8 Å². The van der Waals surface area contributed by atoms with E-state index in [0.717, 1.165) is 0 Å². The van der Waals surface area contributed by atoms with E-state index in [9.17, 15) is 14.0 Å². The van der Waals surface area contributed by atoms with E-state index in [0.29, 0.717) is 19.4 Å². The molecule has 2 N–H and O–H groups in total. The highest BCUT2D eigenvalue weighted by Gasteiger charge is 2.28. The van der Waals surface area contributed by atoms with Crippen LogP contribution in [0.15, 0.2) is 30.5 Å². The van der Waals surface area contributed by atoms with Gasteiger partial charge in [-0.3, -0.25) is 10.1 Å². The van der Waals surface area contributed by atoms with Crippen molar-refractivity contribution in [2.24, 2.45) is 5.92 Å². The van der Waals surface area contributed by atoms with Gasteiger partial charge in [-0.05, 0) is 25.0 Å². The number of benzene rings is 1. The van der Waals surface area contributed by atoms with Gasteiger partial charge in [0.2, 0.25) is 0 Å². The minimum Gasteiger partial charge on any atom is -0.481 e. The van der Waals surface area contributed by atoms with Gasteiger partial charge in [0.15, 0.2) is 5.82 Å². The third kappa shape index (κ3) is 3.49. The van der Waals surface area contributed by atoms with Crippen molar-refractivity contribution in [2.75, 3.05) is 18.4 Å². The van der Waals surface area contributed by atoms with Crippen molar-refractivity contribution in [2.45, 2.75) is 12.8 Å². The van der Waals surface area contributed by atoms with Gasteiger partial charge in [-0.1, -0.05) is 6.07 Å². The summed E-state index contributed by atoms with van der Waals surface area (Å²) in [6.07, 6.45) is 2.67. The Labute approximate surface area is 148 Å². The van der Waals surface area contributed by atoms with E-state index in [-0.39, 0.29) is 23.6 Å². The van der Waals surface area contributed by atoms with Crippen LogP contribution in [0.4, 0.5) is 15.0 Å². The largest absolute Gasteiger partial charge is 0.481 e. The summed E-state index contributed by atoms with van der Waals surface area (Å²) >= 11 is 0. The molecule has 2 heterocycles. The number of piperidine rings is 1. The number of nitrogens with zero attached hydrogens (tertiary/aromatic N) is 4. The lowest BCUT2D eigenvalue weighted by Gasteiger charge is -2.30. The molecule has 1 aliphatic heterocycles. The topological polar surface area (TPSA) is 111 Å². The first kappa shape index (κ1) is 17.4. The summed E-state index contributed by atoms with van der Waals surface area (Å²) < 4.78 is 15.0. The zero-order chi connectivity index (χ0) is 18.7. The van der Waals surface area contributed by atoms with Gasteiger partial charge in [0.25, 0.3) is 0 Å². The number of hydrogen-bond acceptors (Lipinski definition) is 4. The Balaban J connectivity index is 1.73. The molecule has 9 heteroatoms. The van der Waals surface area contributed by atoms with Crippen LogP contribution in [0.25, 0.3) is 5.69 Å². The van der Waals surface area contributed by atoms with Crippen LogP contribution < -0.4 is 5.32 Å². The number of hydrogen-bond donors (Lipinski definition) is 2. The lowest BCUT2D eigenvalue weighted by Crippen LogP contribution is -2.44. The number of anilines is 1. The average Bonchev–Trinajstić information content (AvgIpc) is 3.09. The number of carboxylic acids is 1. The smallest absolute Gasteiger partial charge is 0.323 e. The molecule has 2 amide bonds. The highest BCUT2D eigenvalue weighted by atomic mass is 19.1. The summed E-state index contributed by atoms with van der Waals surface area (Å²) in [6, 6.07) is 7.06. The molecule has 1 aromatic carbocycles. The molecule has 0 bridgehead atoms. The maximum absolute atomic E-state index is 13.7. The first-order chi connectivity index (χ1) is 12.5. The molecule has 0 radical (unpaired) electrons. The molecule has 1 aromatic heterocycles. The molecule has 0 saturated carbocycles. The van der Waals surface area contributed by atoms with Gasteiger partial charge >= 0.3 is 12.0 Å². The number of aliphatic carboxylic acids is 1. The van der Waals surface area contributed by atoms with Crippen molar-refractivity contribution >= 4 is 17.8 Å². The normalized spacial score (nSPS) is 16.8. The molecule has 134 valence electrons. The average molecular weight is 357 g/mol. The van der Waals surface area contributed by atoms with Crippen LogP contribution in [0.2, 0.25) is 0 Å². The second-order valence-corrected chi connectivity index (χ2v) is 5.94. The van der Waals surface area contributed by atoms with Crippen LogP contribution in [-0.4, -0.2) is 44.9 Å². The number of carbonyl (C=O) groups is 2. The van der Waals surface area contributed by atoms with E-state index >= 15 is 0 Å². The fourth-order valence-corrected chi connectivity index (χ4v) is 2.89. The molecular formula is C17H16FN5O3. The van der Waals surface area contributed by atoms with Gasteiger partial charge < -0.3 is 10.0 Å². The van der Waals surface area contributed by atoms with Crippen LogP contribution in [0.3, 0.4) is 0 Å². The van der Waals surface area contributed by atoms with Gasteiger partial charge in [-0.25, -0.2) is 13.9 Å². The number of urea groups is 1. The number of nitrogens with one attached hydrogen (secondary N) is 1. The van der Waals surface area contributed by atoms with Crippen LogP contribution in [-0.2, 0) is 4.79 Å². The molecule has 1 fully saturated rings. The van der Waals surface area contributed by atoms with Gasteiger partial charge in [-0.15, -0.1) is 5.10 Å². The molecule has 2 aromatic rings. The highest BCUT2D eigenvalue weighted by molar-refractivity contribution is 5.88. The maximum atomic E-state index is 13.7. The Morgan fingerprint density at radius 3 is 2.92 bits per heavy atom. The number of nitriles is 1. The molecule has 26 heavy (non-hydrogen) atoms. The molecule has 8 nitrogen and oxygen atoms in total. The fraction of sp³-hybridized carbons (Fsp3) is 0.294. The summed E-state index contributed by atoms with van der Waals surface area (Å²) in [4.78, 5) is 24.9. The van der Waals surface area contributed by atoms with Gasteiger partial charge in [0.1, 0.15) is 17.4 Å². The zero-order valence-electron chi connectivity index (χ0n) is 13.7. The highest BCUT2D eigenvalue weighted by Crippen LogP contribution is 2.20. The molecule has 1 saturated heterocycles. The van der Waals surface area contributed by atoms with E-state index in [2.05, 4.69) is 10.4 Å². The molecule has 0 aliphatic carbocycles. The monoisotopic (exact) mass is 357 g/mol. The standard InChI is InChI=1S/C17H16FN5O3/c18-13-4-1-5-14(12(13)9-19)23-8-6-15(21-23)20-17(26)22-7-2-3-11(10-22)16(24)25/h1,4-6,8,11H,2-3,7,10H2,(H,24,25)(H,20,21,26). The van der Waals surface area contributed by atoms with E-state index in [1.165, 1.54) is 34.0 Å². The molecule has 3 rings (SSSR count). The lowest BCUT2D eigenvalue weighted by atomic mass is 9.99. The number of carboxylic acid groups (broad SMARTS) is 1. The summed E-state index contributed by atoms with van der Waals surface area (Å²) in [5.74, 6) is -1.92. The molecule has 1 unspecified atom stereocenters. The van der Waals surface area contributed by atoms with Crippen molar-refractivity contribution in [1.29, 1.82) is 5.26 Å². The quantitative estimate of drug-likeness (QED) is 0.875. The molecule has 0 spiro atoms. The Hall–Kier alpha value is -3.41. The van der Waals surface area contributed by atoms with Crippen molar-refractivity contribution in [3.05, 3.63) is 41.8 Å². The first-order valence-electron chi connectivity index (χ1n) is 8.03. The third-order valence-corrected chi connectivity index (χ3v) is 4.23. The van der Waals surface area contributed by atoms with Crippen LogP contribution in [0.1, 0.15) is 18.4 Å². The van der Waals surface area contributed by atoms with Crippen molar-refractivity contribution in [3.63, 3.8) is 0 Å². The van der Waals surface area contributed by atoms with Gasteiger partial charge in [-0.2, -0.15) is 5.26 Å². The summed E-state index contributed by atoms with van der Waals surface area (Å²) in [6.45, 7) is 0.614. The minimum absolute atomic E-state index is 0.143. The third-order valence-electron chi connectivity index (χ3n) is 4.23. The van der Waals surface area contributed by atoms with Crippen LogP contribution in [0.5, 0.6) is 0 Å². The predicted molar refractivity (Wildman–Crippen MR) is 89.2 cm³/mol. The van der Waals surface area contributed by atoms with E-state index in [1.807, 2.05) is 0 Å². The number of carbonyl (C=O) groups excluding carboxylic acids is 1. The maximum Gasteiger partial charge on any atom is 0.323 e. The van der Waals surface area contributed by atoms with Crippen molar-refractivity contribution < 1.29 is 19.1 Å². The van der Waals surface area contributed by atoms with Crippen LogP contribution >= 0.6 is 0 Å². The summed E-state index contributed by atoms with van der Waals surface area (Å²) in [7, 11) is 0. The predicted octanol–water partition coefficient (Wildman–Crippen LogP) is 2.21. The second kappa shape index (κ2) is 7.23. The summed E-state index contributed by atoms with van der Waals surface area (Å²) in [5.41, 5.74) is 0.116. The van der Waals surface area contributed by atoms with Crippen LogP contribution in [0, 0.1) is 23.1 Å². The summed E-state index contributed by atoms with van der Waals surface area (Å²) in [5, 5.41) is 24.9. The molecular weight excluding hydrogens is 341 g/mol. The lowest BCUT2D eigenvalue weighted by molar-refractivity contribution is -0.143. The Morgan fingerprint density at radius 1 is 1.38 bits per heavy atom. The van der Waals surface area contributed by atoms with Gasteiger partial charge in [0.05, 0.1) is 11.6 Å². The Morgan fingerprint density at radius 2 is 2.19 bits per heavy atom. The van der Waals surface area contributed by atoms with E-state index < -0.39 is 23.7 Å². The number of rotatable bonds is 3. The fourth-order valence-electron chi connectivity index (χ4n) is 2.89. The number of amides is 2. The van der Waals surface area contributed by atoms with Crippen molar-refractivity contribution in [1.82, 2.24) is 14.7 Å². The zero-order valence-corrected chi connectivity index (χ0v) is 13.7. The first-order valence-corrected chi connectivity index (χ1v) is 8.03. The number of aromatic nitrogens is 2. The molecule has 1 atom stereocenters.